The maximum atomic E-state index is 13.9. The van der Waals surface area contributed by atoms with E-state index in [1.165, 1.54) is 0 Å². The Morgan fingerprint density at radius 2 is 1.91 bits per heavy atom. The van der Waals surface area contributed by atoms with Crippen molar-refractivity contribution in [2.75, 3.05) is 0 Å². The van der Waals surface area contributed by atoms with Crippen molar-refractivity contribution in [3.05, 3.63) is 65.0 Å². The molecule has 0 amide bonds. The molecule has 0 saturated heterocycles. The smallest absolute Gasteiger partial charge is 0.382 e. The summed E-state index contributed by atoms with van der Waals surface area (Å²) in [7, 11) is 0. The third-order valence-electron chi connectivity index (χ3n) is 4.88. The van der Waals surface area contributed by atoms with Gasteiger partial charge in [0, 0.05) is 41.2 Å². The number of benzene rings is 1. The van der Waals surface area contributed by atoms with Crippen LogP contribution in [0, 0.1) is 28.4 Å². The maximum absolute atomic E-state index is 13.9. The van der Waals surface area contributed by atoms with Crippen molar-refractivity contribution in [2.45, 2.75) is 19.0 Å². The molecule has 0 bridgehead atoms. The highest BCUT2D eigenvalue weighted by atomic mass is 19.4. The number of aliphatic imine (C=N–C) groups is 1. The molecule has 1 aromatic carbocycles. The van der Waals surface area contributed by atoms with Crippen LogP contribution in [0.1, 0.15) is 35.6 Å². The predicted octanol–water partition coefficient (Wildman–Crippen LogP) is 3.75. The molecule has 1 unspecified atom stereocenters. The highest BCUT2D eigenvalue weighted by molar-refractivity contribution is 6.33. The van der Waals surface area contributed by atoms with Crippen molar-refractivity contribution < 1.29 is 22.0 Å². The number of hydrazone groups is 1. The highest BCUT2D eigenvalue weighted by Crippen LogP contribution is 2.34. The molecular weight excluding hydrogens is 473 g/mol. The molecule has 2 aromatic heterocycles. The van der Waals surface area contributed by atoms with Crippen LogP contribution in [0.2, 0.25) is 0 Å². The van der Waals surface area contributed by atoms with Crippen molar-refractivity contribution >= 4 is 23.4 Å². The molecule has 0 aliphatic carbocycles. The first kappa shape index (κ1) is 25.0. The Balaban J connectivity index is 2.07. The molecule has 35 heavy (non-hydrogen) atoms. The highest BCUT2D eigenvalue weighted by Gasteiger charge is 2.35. The fourth-order valence-corrected chi connectivity index (χ4v) is 3.18. The summed E-state index contributed by atoms with van der Waals surface area (Å²) in [5, 5.41) is 21.3. The molecule has 3 rings (SSSR count). The molecule has 0 spiro atoms. The van der Waals surface area contributed by atoms with E-state index in [0.29, 0.717) is 6.07 Å². The minimum absolute atomic E-state index is 0.00253. The lowest BCUT2D eigenvalue weighted by molar-refractivity contribution is -0.144. The van der Waals surface area contributed by atoms with Gasteiger partial charge in [-0.25, -0.2) is 18.7 Å². The maximum Gasteiger partial charge on any atom is 0.451 e. The zero-order chi connectivity index (χ0) is 25.9. The van der Waals surface area contributed by atoms with Crippen molar-refractivity contribution in [1.82, 2.24) is 15.0 Å². The van der Waals surface area contributed by atoms with E-state index in [0.717, 1.165) is 30.7 Å². The fraction of sp³-hybridized carbons (Fsp3) is 0.143. The number of nitrogens with zero attached hydrogens (tertiary/aromatic N) is 5. The SMILES string of the molecule is CC(C(C=Nc1ccc(F)cc1F)=NN)c1[nH]c(C(=N)N)c(-c2cnc(C(F)(F)F)nc2)c1C#N. The van der Waals surface area contributed by atoms with Gasteiger partial charge in [-0.05, 0) is 12.1 Å². The Kier molecular flexibility index (Phi) is 6.90. The second kappa shape index (κ2) is 9.67. The van der Waals surface area contributed by atoms with E-state index in [9.17, 15) is 27.2 Å². The Morgan fingerprint density at radius 3 is 2.43 bits per heavy atom. The second-order valence-electron chi connectivity index (χ2n) is 7.11. The summed E-state index contributed by atoms with van der Waals surface area (Å²) in [5.41, 5.74) is 5.51. The van der Waals surface area contributed by atoms with Crippen LogP contribution in [0.15, 0.2) is 40.7 Å². The number of nitriles is 1. The second-order valence-corrected chi connectivity index (χ2v) is 7.11. The number of H-pyrrole nitrogens is 1. The molecule has 9 nitrogen and oxygen atoms in total. The number of halogens is 5. The summed E-state index contributed by atoms with van der Waals surface area (Å²) >= 11 is 0. The summed E-state index contributed by atoms with van der Waals surface area (Å²) < 4.78 is 65.5. The Labute approximate surface area is 194 Å². The van der Waals surface area contributed by atoms with Gasteiger partial charge in [0.1, 0.15) is 17.7 Å². The van der Waals surface area contributed by atoms with Crippen LogP contribution in [-0.2, 0) is 6.18 Å². The number of amidine groups is 1. The first-order valence-corrected chi connectivity index (χ1v) is 9.64. The normalized spacial score (nSPS) is 13.1. The average molecular weight is 489 g/mol. The van der Waals surface area contributed by atoms with Crippen LogP contribution in [0.5, 0.6) is 0 Å². The van der Waals surface area contributed by atoms with Crippen LogP contribution in [0.25, 0.3) is 11.1 Å². The lowest BCUT2D eigenvalue weighted by Crippen LogP contribution is -2.16. The number of hydrogen-bond acceptors (Lipinski definition) is 7. The predicted molar refractivity (Wildman–Crippen MR) is 117 cm³/mol. The molecule has 0 saturated carbocycles. The van der Waals surface area contributed by atoms with Crippen LogP contribution in [0.4, 0.5) is 27.6 Å². The van der Waals surface area contributed by atoms with Crippen LogP contribution in [0.3, 0.4) is 0 Å². The topological polar surface area (TPSA) is 166 Å². The van der Waals surface area contributed by atoms with Crippen LogP contribution in [-0.4, -0.2) is 32.7 Å². The van der Waals surface area contributed by atoms with Crippen molar-refractivity contribution in [3.8, 4) is 17.2 Å². The molecule has 6 N–H and O–H groups in total. The van der Waals surface area contributed by atoms with Gasteiger partial charge < -0.3 is 16.6 Å². The summed E-state index contributed by atoms with van der Waals surface area (Å²) in [6, 6.07) is 4.68. The molecule has 2 heterocycles. The third-order valence-corrected chi connectivity index (χ3v) is 4.88. The molecule has 0 aliphatic heterocycles. The Bertz CT molecular complexity index is 1370. The zero-order valence-corrected chi connectivity index (χ0v) is 17.8. The van der Waals surface area contributed by atoms with Crippen molar-refractivity contribution in [3.63, 3.8) is 0 Å². The van der Waals surface area contributed by atoms with Gasteiger partial charge in [0.05, 0.1) is 28.9 Å². The molecule has 0 fully saturated rings. The zero-order valence-electron chi connectivity index (χ0n) is 17.8. The fourth-order valence-electron chi connectivity index (χ4n) is 3.18. The summed E-state index contributed by atoms with van der Waals surface area (Å²) in [5.74, 6) is 1.05. The number of hydrogen-bond donors (Lipinski definition) is 4. The summed E-state index contributed by atoms with van der Waals surface area (Å²) in [4.78, 5) is 13.3. The van der Waals surface area contributed by atoms with Gasteiger partial charge in [0.2, 0.25) is 5.82 Å². The van der Waals surface area contributed by atoms with E-state index in [4.69, 9.17) is 17.0 Å². The number of nitrogens with one attached hydrogen (secondary N) is 2. The van der Waals surface area contributed by atoms with Gasteiger partial charge in [0.15, 0.2) is 5.82 Å². The average Bonchev–Trinajstić information content (AvgIpc) is 3.20. The largest absolute Gasteiger partial charge is 0.451 e. The van der Waals surface area contributed by atoms with E-state index in [1.807, 2.05) is 6.07 Å². The standard InChI is InChI=1S/C21H16F5N9/c1-9(15(35-30)8-31-14-3-2-11(22)4-13(14)23)17-12(5-27)16(18(34-17)19(28)29)10-6-32-20(33-7-10)21(24,25)26/h2-4,6-9,34H,30H2,1H3,(H3,28,29). The van der Waals surface area contributed by atoms with Gasteiger partial charge >= 0.3 is 6.18 Å². The Morgan fingerprint density at radius 1 is 1.26 bits per heavy atom. The minimum Gasteiger partial charge on any atom is -0.382 e. The van der Waals surface area contributed by atoms with Gasteiger partial charge in [-0.2, -0.15) is 23.5 Å². The first-order valence-electron chi connectivity index (χ1n) is 9.64. The van der Waals surface area contributed by atoms with Gasteiger partial charge in [-0.1, -0.05) is 6.92 Å². The number of nitrogens with two attached hydrogens (primary N) is 2. The van der Waals surface area contributed by atoms with Crippen LogP contribution < -0.4 is 11.6 Å². The van der Waals surface area contributed by atoms with Crippen LogP contribution >= 0.6 is 0 Å². The van der Waals surface area contributed by atoms with Gasteiger partial charge in [0.25, 0.3) is 0 Å². The summed E-state index contributed by atoms with van der Waals surface area (Å²) in [6.07, 6.45) is -1.94. The monoisotopic (exact) mass is 489 g/mol. The van der Waals surface area contributed by atoms with Gasteiger partial charge in [-0.3, -0.25) is 10.4 Å². The first-order chi connectivity index (χ1) is 16.5. The number of rotatable bonds is 6. The molecule has 180 valence electrons. The number of alkyl halides is 3. The minimum atomic E-state index is -4.77. The van der Waals surface area contributed by atoms with E-state index in [1.54, 1.807) is 6.92 Å². The van der Waals surface area contributed by atoms with Crippen molar-refractivity contribution in [1.29, 1.82) is 10.7 Å². The lowest BCUT2D eigenvalue weighted by atomic mass is 9.95. The molecule has 0 radical (unpaired) electrons. The Hall–Kier alpha value is -4.67. The third kappa shape index (κ3) is 5.13. The number of nitrogen functional groups attached to an aromatic ring is 1. The number of aromatic nitrogens is 3. The molecule has 3 aromatic rings. The van der Waals surface area contributed by atoms with Crippen molar-refractivity contribution in [2.24, 2.45) is 21.7 Å². The lowest BCUT2D eigenvalue weighted by Gasteiger charge is -2.10. The number of aromatic amines is 1. The molecule has 1 atom stereocenters. The quantitative estimate of drug-likeness (QED) is 0.136. The summed E-state index contributed by atoms with van der Waals surface area (Å²) in [6.45, 7) is 1.56. The van der Waals surface area contributed by atoms with E-state index in [2.05, 4.69) is 25.0 Å². The van der Waals surface area contributed by atoms with Gasteiger partial charge in [-0.15, -0.1) is 0 Å². The van der Waals surface area contributed by atoms with E-state index >= 15 is 0 Å². The van der Waals surface area contributed by atoms with E-state index in [-0.39, 0.29) is 39.5 Å². The molecule has 0 aliphatic rings. The molecular formula is C21H16F5N9. The van der Waals surface area contributed by atoms with E-state index < -0.39 is 35.4 Å². The molecule has 14 heteroatoms.